The molecule has 0 saturated carbocycles. The van der Waals surface area contributed by atoms with Crippen LogP contribution in [0.4, 0.5) is 0 Å². The second kappa shape index (κ2) is 34.2. The number of imidazole rings is 1. The third kappa shape index (κ3) is 23.4. The van der Waals surface area contributed by atoms with E-state index in [1.54, 1.807) is 45.9 Å². The molecule has 1 aromatic carbocycles. The Balaban J connectivity index is 2.46. The lowest BCUT2D eigenvalue weighted by Crippen LogP contribution is -2.61. The minimum absolute atomic E-state index is 0.00695. The number of hydrogen-bond acceptors (Lipinski definition) is 15. The lowest BCUT2D eigenvalue weighted by molar-refractivity contribution is -0.146. The summed E-state index contributed by atoms with van der Waals surface area (Å²) in [4.78, 5) is 124. The van der Waals surface area contributed by atoms with Gasteiger partial charge >= 0.3 is 5.97 Å². The number of carboxylic acids is 1. The Hall–Kier alpha value is -7.43. The van der Waals surface area contributed by atoms with Crippen molar-refractivity contribution in [2.45, 2.75) is 146 Å². The van der Waals surface area contributed by atoms with Gasteiger partial charge in [0.25, 0.3) is 0 Å². The number of carboxylic acid groups (broad SMARTS) is 1. The normalized spacial score (nSPS) is 15.1. The largest absolute Gasteiger partial charge is 0.480 e. The molecule has 1 heterocycles. The van der Waals surface area contributed by atoms with Crippen LogP contribution in [0.3, 0.4) is 0 Å². The van der Waals surface area contributed by atoms with Crippen LogP contribution in [-0.4, -0.2) is 159 Å². The number of nitrogens with zero attached hydrogens (tertiary/aromatic N) is 3. The van der Waals surface area contributed by atoms with E-state index in [2.05, 4.69) is 57.2 Å². The second-order valence-corrected chi connectivity index (χ2v) is 18.7. The van der Waals surface area contributed by atoms with E-state index in [4.69, 9.17) is 34.4 Å². The topological polar surface area (TPSA) is 491 Å². The van der Waals surface area contributed by atoms with E-state index in [9.17, 15) is 53.7 Å². The SMILES string of the molecule is CC[C@H](C)[C@H](NC(=O)[C@H](CC(C)C)NC(=O)[C@H](CCCN=C(N)N)NC(=O)[C@H](CCCN=C(N)N)NC(=O)[C@H](CCCCN)NC(=O)[C@H](CO)NC(=O)[C@@H](N)Cc1cnc[nH]1)C(=O)N[C@@H](C(=O)O)[C@@H](O)c1ccccc1. The first kappa shape index (κ1) is 64.7. The van der Waals surface area contributed by atoms with Crippen molar-refractivity contribution in [2.75, 3.05) is 26.2 Å². The van der Waals surface area contributed by atoms with E-state index in [-0.39, 0.29) is 88.0 Å². The zero-order valence-corrected chi connectivity index (χ0v) is 43.7. The molecule has 0 unspecified atom stereocenters. The summed E-state index contributed by atoms with van der Waals surface area (Å²) in [5.41, 5.74) is 34.6. The van der Waals surface area contributed by atoms with E-state index in [1.807, 2.05) is 0 Å². The van der Waals surface area contributed by atoms with Gasteiger partial charge in [-0.3, -0.25) is 43.5 Å². The van der Waals surface area contributed by atoms with Crippen molar-refractivity contribution in [3.63, 3.8) is 0 Å². The molecule has 28 nitrogen and oxygen atoms in total. The molecule has 0 aliphatic rings. The molecule has 0 radical (unpaired) electrons. The van der Waals surface area contributed by atoms with Crippen LogP contribution in [0.25, 0.3) is 0 Å². The van der Waals surface area contributed by atoms with E-state index in [1.165, 1.54) is 24.7 Å². The van der Waals surface area contributed by atoms with Crippen molar-refractivity contribution in [1.82, 2.24) is 47.2 Å². The molecule has 0 fully saturated rings. The molecule has 0 aliphatic carbocycles. The number of aliphatic hydroxyl groups is 2. The molecule has 28 heteroatoms. The second-order valence-electron chi connectivity index (χ2n) is 18.7. The molecular weight excluding hydrogens is 991 g/mol. The van der Waals surface area contributed by atoms with Crippen LogP contribution in [0.1, 0.15) is 103 Å². The van der Waals surface area contributed by atoms with Gasteiger partial charge in [0.15, 0.2) is 18.0 Å². The first-order valence-electron chi connectivity index (χ1n) is 25.3. The number of carbonyl (C=O) groups excluding carboxylic acids is 7. The minimum Gasteiger partial charge on any atom is -0.480 e. The molecular formula is C48H81N17O11. The number of benzene rings is 1. The number of guanidine groups is 2. The lowest BCUT2D eigenvalue weighted by Gasteiger charge is -2.30. The highest BCUT2D eigenvalue weighted by Gasteiger charge is 2.37. The summed E-state index contributed by atoms with van der Waals surface area (Å²) in [6, 6.07) is -3.42. The van der Waals surface area contributed by atoms with Gasteiger partial charge in [0, 0.05) is 31.4 Å². The predicted molar refractivity (Wildman–Crippen MR) is 282 cm³/mol. The van der Waals surface area contributed by atoms with Gasteiger partial charge in [-0.15, -0.1) is 0 Å². The quantitative estimate of drug-likeness (QED) is 0.0175. The summed E-state index contributed by atoms with van der Waals surface area (Å²) in [5, 5.41) is 49.1. The number of H-pyrrole nitrogens is 1. The molecule has 2 rings (SSSR count). The average Bonchev–Trinajstić information content (AvgIpc) is 3.89. The van der Waals surface area contributed by atoms with Crippen molar-refractivity contribution in [3.05, 3.63) is 54.1 Å². The summed E-state index contributed by atoms with van der Waals surface area (Å²) >= 11 is 0. The zero-order chi connectivity index (χ0) is 56.9. The summed E-state index contributed by atoms with van der Waals surface area (Å²) in [7, 11) is 0. The number of aromatic amines is 1. The Morgan fingerprint density at radius 2 is 1.12 bits per heavy atom. The van der Waals surface area contributed by atoms with Crippen molar-refractivity contribution < 1.29 is 53.7 Å². The molecule has 1 aromatic heterocycles. The van der Waals surface area contributed by atoms with Gasteiger partial charge in [0.05, 0.1) is 19.0 Å². The van der Waals surface area contributed by atoms with Crippen LogP contribution >= 0.6 is 0 Å². The third-order valence-electron chi connectivity index (χ3n) is 12.0. The number of nitrogens with two attached hydrogens (primary N) is 6. The molecule has 10 atom stereocenters. The number of unbranched alkanes of at least 4 members (excludes halogenated alkanes) is 1. The monoisotopic (exact) mass is 1070 g/mol. The standard InChI is InChI=1S/C48H81N17O11/c1-5-27(4)36(45(74)65-37(46(75)76)38(67)28-13-7-6-8-14-28)64-43(72)34(21-26(2)3)62-42(71)33(17-12-20-57-48(53)54)60-41(70)32(16-11-19-56-47(51)52)59-40(69)31(15-9-10-18-49)61-44(73)35(24-66)63-39(68)30(50)22-29-23-55-25-58-29/h6-8,13-14,23,25-27,30-38,66-67H,5,9-12,15-22,24,49-50H2,1-4H3,(H,55,58)(H,59,69)(H,60,70)(H,61,73)(H,62,71)(H,63,68)(H,64,72)(H,65,74)(H,75,76)(H4,51,52,56)(H4,53,54,57)/t27-,30-,31-,32-,33-,34-,35-,36-,37+,38-/m0/s1. The van der Waals surface area contributed by atoms with Crippen LogP contribution in [-0.2, 0) is 44.8 Å². The fraction of sp³-hybridized carbons (Fsp3) is 0.604. The van der Waals surface area contributed by atoms with Gasteiger partial charge in [0.1, 0.15) is 42.4 Å². The van der Waals surface area contributed by atoms with Crippen LogP contribution in [0.15, 0.2) is 52.8 Å². The Morgan fingerprint density at radius 3 is 1.57 bits per heavy atom. The summed E-state index contributed by atoms with van der Waals surface area (Å²) in [6.07, 6.45) is 2.45. The summed E-state index contributed by atoms with van der Waals surface area (Å²) < 4.78 is 0. The number of carbonyl (C=O) groups is 8. The number of amides is 7. The van der Waals surface area contributed by atoms with Crippen molar-refractivity contribution in [2.24, 2.45) is 56.2 Å². The Kier molecular flexibility index (Phi) is 29.1. The Labute approximate surface area is 442 Å². The smallest absolute Gasteiger partial charge is 0.329 e. The number of rotatable bonds is 36. The lowest BCUT2D eigenvalue weighted by atomic mass is 9.95. The first-order valence-corrected chi connectivity index (χ1v) is 25.3. The minimum atomic E-state index is -1.80. The molecule has 0 bridgehead atoms. The number of aliphatic imine (C=N–C) groups is 2. The van der Waals surface area contributed by atoms with Gasteiger partial charge in [-0.2, -0.15) is 0 Å². The van der Waals surface area contributed by atoms with E-state index in [0.717, 1.165) is 0 Å². The molecule has 424 valence electrons. The van der Waals surface area contributed by atoms with Crippen molar-refractivity contribution >= 4 is 59.2 Å². The summed E-state index contributed by atoms with van der Waals surface area (Å²) in [6.45, 7) is 6.39. The molecule has 23 N–H and O–H groups in total. The maximum Gasteiger partial charge on any atom is 0.329 e. The van der Waals surface area contributed by atoms with Gasteiger partial charge in [-0.25, -0.2) is 9.78 Å². The van der Waals surface area contributed by atoms with Crippen molar-refractivity contribution in [1.29, 1.82) is 0 Å². The fourth-order valence-electron chi connectivity index (χ4n) is 7.61. The molecule has 0 saturated heterocycles. The van der Waals surface area contributed by atoms with Crippen LogP contribution in [0.2, 0.25) is 0 Å². The van der Waals surface area contributed by atoms with E-state index >= 15 is 0 Å². The van der Waals surface area contributed by atoms with Crippen LogP contribution in [0.5, 0.6) is 0 Å². The van der Waals surface area contributed by atoms with Gasteiger partial charge in [-0.05, 0) is 75.3 Å². The maximum atomic E-state index is 14.4. The number of aliphatic carboxylic acids is 1. The van der Waals surface area contributed by atoms with Crippen LogP contribution < -0.4 is 71.6 Å². The Morgan fingerprint density at radius 1 is 0.645 bits per heavy atom. The third-order valence-corrected chi connectivity index (χ3v) is 12.0. The van der Waals surface area contributed by atoms with E-state index < -0.39 is 114 Å². The highest BCUT2D eigenvalue weighted by atomic mass is 16.4. The number of nitrogens with one attached hydrogen (secondary N) is 8. The number of aliphatic hydroxyl groups excluding tert-OH is 2. The molecule has 2 aromatic rings. The highest BCUT2D eigenvalue weighted by Crippen LogP contribution is 2.19. The zero-order valence-electron chi connectivity index (χ0n) is 43.7. The summed E-state index contributed by atoms with van der Waals surface area (Å²) in [5.74, 6) is -8.79. The van der Waals surface area contributed by atoms with Gasteiger partial charge < -0.3 is 91.9 Å². The predicted octanol–water partition coefficient (Wildman–Crippen LogP) is -4.19. The van der Waals surface area contributed by atoms with Gasteiger partial charge in [-0.1, -0.05) is 64.4 Å². The molecule has 0 spiro atoms. The highest BCUT2D eigenvalue weighted by molar-refractivity contribution is 5.97. The van der Waals surface area contributed by atoms with Crippen LogP contribution in [0, 0.1) is 11.8 Å². The number of hydrogen-bond donors (Lipinski definition) is 17. The first-order chi connectivity index (χ1) is 36.0. The molecule has 7 amide bonds. The average molecular weight is 1070 g/mol. The Bertz CT molecular complexity index is 2210. The molecule has 0 aliphatic heterocycles. The number of aromatic nitrogens is 2. The van der Waals surface area contributed by atoms with E-state index in [0.29, 0.717) is 25.0 Å². The van der Waals surface area contributed by atoms with Gasteiger partial charge in [0.2, 0.25) is 41.4 Å². The molecule has 76 heavy (non-hydrogen) atoms. The maximum absolute atomic E-state index is 14.4. The van der Waals surface area contributed by atoms with Crippen molar-refractivity contribution in [3.8, 4) is 0 Å². The fourth-order valence-corrected chi connectivity index (χ4v) is 7.61.